The average molecular weight is 334 g/mol. The van der Waals surface area contributed by atoms with Gasteiger partial charge in [-0.25, -0.2) is 8.42 Å². The molecule has 3 aromatic rings. The van der Waals surface area contributed by atoms with Crippen molar-refractivity contribution in [2.75, 3.05) is 4.72 Å². The molecule has 0 saturated heterocycles. The van der Waals surface area contributed by atoms with Gasteiger partial charge in [0.1, 0.15) is 4.21 Å². The minimum absolute atomic E-state index is 0.274. The molecule has 0 saturated carbocycles. The summed E-state index contributed by atoms with van der Waals surface area (Å²) in [7, 11) is -3.54. The van der Waals surface area contributed by atoms with Crippen molar-refractivity contribution in [2.45, 2.75) is 17.2 Å². The number of hydrogen-bond donors (Lipinski definition) is 1. The Hall–Kier alpha value is -2.19. The van der Waals surface area contributed by atoms with Gasteiger partial charge in [-0.3, -0.25) is 14.4 Å². The van der Waals surface area contributed by atoms with Gasteiger partial charge >= 0.3 is 0 Å². The fraction of sp³-hybridized carbons (Fsp3) is 0.143. The lowest BCUT2D eigenvalue weighted by molar-refractivity contribution is 0.599. The Kier molecular flexibility index (Phi) is 4.21. The van der Waals surface area contributed by atoms with E-state index in [0.717, 1.165) is 12.1 Å². The highest BCUT2D eigenvalue weighted by Gasteiger charge is 2.16. The van der Waals surface area contributed by atoms with E-state index in [9.17, 15) is 8.42 Å². The van der Waals surface area contributed by atoms with Crippen molar-refractivity contribution in [3.8, 4) is 0 Å². The fourth-order valence-corrected chi connectivity index (χ4v) is 3.91. The summed E-state index contributed by atoms with van der Waals surface area (Å²) in [6.45, 7) is 0.637. The normalized spacial score (nSPS) is 11.5. The lowest BCUT2D eigenvalue weighted by atomic mass is 10.3. The van der Waals surface area contributed by atoms with Crippen molar-refractivity contribution in [3.05, 3.63) is 59.9 Å². The summed E-state index contributed by atoms with van der Waals surface area (Å²) in [5, 5.41) is 5.95. The van der Waals surface area contributed by atoms with E-state index < -0.39 is 10.0 Å². The lowest BCUT2D eigenvalue weighted by Crippen LogP contribution is -2.12. The highest BCUT2D eigenvalue weighted by molar-refractivity contribution is 7.94. The zero-order chi connectivity index (χ0) is 15.4. The molecule has 8 heteroatoms. The second-order valence-electron chi connectivity index (χ2n) is 4.57. The first kappa shape index (κ1) is 14.7. The van der Waals surface area contributed by atoms with Gasteiger partial charge in [0.05, 0.1) is 0 Å². The summed E-state index contributed by atoms with van der Waals surface area (Å²) < 4.78 is 28.6. The number of anilines is 1. The van der Waals surface area contributed by atoms with Crippen LogP contribution < -0.4 is 4.72 Å². The third kappa shape index (κ3) is 3.52. The van der Waals surface area contributed by atoms with Gasteiger partial charge in [0.25, 0.3) is 10.0 Å². The number of nitrogens with one attached hydrogen (secondary N) is 1. The lowest BCUT2D eigenvalue weighted by Gasteiger charge is -2.03. The van der Waals surface area contributed by atoms with Gasteiger partial charge < -0.3 is 0 Å². The molecule has 0 unspecified atom stereocenters. The molecular formula is C14H14N4O2S2. The van der Waals surface area contributed by atoms with Crippen LogP contribution in [0.3, 0.4) is 0 Å². The van der Waals surface area contributed by atoms with Crippen LogP contribution >= 0.6 is 11.3 Å². The molecule has 0 aliphatic carbocycles. The van der Waals surface area contributed by atoms with Crippen molar-refractivity contribution < 1.29 is 8.42 Å². The Morgan fingerprint density at radius 2 is 2.09 bits per heavy atom. The standard InChI is InChI=1S/C14H14N4O2S2/c19-22(20,14-5-3-11-21-14)17-13-7-10-18(16-13)9-6-12-4-1-2-8-15-12/h1-5,7-8,10-11H,6,9H2,(H,16,17). The summed E-state index contributed by atoms with van der Waals surface area (Å²) in [5.41, 5.74) is 0.971. The Bertz CT molecular complexity index is 827. The van der Waals surface area contributed by atoms with E-state index in [1.165, 1.54) is 11.3 Å². The van der Waals surface area contributed by atoms with Crippen LogP contribution in [-0.4, -0.2) is 23.2 Å². The van der Waals surface area contributed by atoms with Gasteiger partial charge in [0, 0.05) is 37.1 Å². The van der Waals surface area contributed by atoms with Crippen molar-refractivity contribution in [1.29, 1.82) is 0 Å². The Balaban J connectivity index is 1.64. The summed E-state index contributed by atoms with van der Waals surface area (Å²) in [5.74, 6) is 0.314. The predicted molar refractivity (Wildman–Crippen MR) is 85.3 cm³/mol. The maximum atomic E-state index is 12.1. The SMILES string of the molecule is O=S(=O)(Nc1ccn(CCc2ccccn2)n1)c1cccs1. The quantitative estimate of drug-likeness (QED) is 0.751. The molecule has 22 heavy (non-hydrogen) atoms. The molecule has 114 valence electrons. The topological polar surface area (TPSA) is 76.9 Å². The smallest absolute Gasteiger partial charge is 0.270 e. The molecule has 3 aromatic heterocycles. The Labute approximate surface area is 132 Å². The van der Waals surface area contributed by atoms with Crippen molar-refractivity contribution in [2.24, 2.45) is 0 Å². The molecule has 0 amide bonds. The minimum Gasteiger partial charge on any atom is -0.270 e. The molecule has 3 heterocycles. The first-order chi connectivity index (χ1) is 10.6. The molecule has 0 aliphatic rings. The van der Waals surface area contributed by atoms with Crippen LogP contribution in [0.4, 0.5) is 5.82 Å². The monoisotopic (exact) mass is 334 g/mol. The largest absolute Gasteiger partial charge is 0.272 e. The number of rotatable bonds is 6. The number of nitrogens with zero attached hydrogens (tertiary/aromatic N) is 3. The first-order valence-corrected chi connectivity index (χ1v) is 8.99. The highest BCUT2D eigenvalue weighted by Crippen LogP contribution is 2.19. The second kappa shape index (κ2) is 6.29. The zero-order valence-electron chi connectivity index (χ0n) is 11.6. The summed E-state index contributed by atoms with van der Waals surface area (Å²) >= 11 is 1.17. The summed E-state index contributed by atoms with van der Waals surface area (Å²) in [4.78, 5) is 4.24. The molecule has 0 radical (unpaired) electrons. The van der Waals surface area contributed by atoms with E-state index in [2.05, 4.69) is 14.8 Å². The van der Waals surface area contributed by atoms with Gasteiger partial charge in [-0.15, -0.1) is 11.3 Å². The van der Waals surface area contributed by atoms with Gasteiger partial charge in [-0.05, 0) is 23.6 Å². The molecule has 0 spiro atoms. The van der Waals surface area contributed by atoms with Crippen LogP contribution in [0, 0.1) is 0 Å². The van der Waals surface area contributed by atoms with Gasteiger partial charge in [-0.2, -0.15) is 5.10 Å². The van der Waals surface area contributed by atoms with Crippen molar-refractivity contribution >= 4 is 27.2 Å². The molecule has 3 rings (SSSR count). The van der Waals surface area contributed by atoms with E-state index >= 15 is 0 Å². The number of aromatic nitrogens is 3. The maximum absolute atomic E-state index is 12.1. The van der Waals surface area contributed by atoms with Crippen LogP contribution in [0.1, 0.15) is 5.69 Å². The molecule has 6 nitrogen and oxygen atoms in total. The highest BCUT2D eigenvalue weighted by atomic mass is 32.2. The minimum atomic E-state index is -3.54. The van der Waals surface area contributed by atoms with Crippen LogP contribution in [0.15, 0.2) is 58.4 Å². The van der Waals surface area contributed by atoms with Crippen LogP contribution in [0.5, 0.6) is 0 Å². The molecule has 0 aliphatic heterocycles. The van der Waals surface area contributed by atoms with E-state index in [4.69, 9.17) is 0 Å². The van der Waals surface area contributed by atoms with Crippen LogP contribution in [-0.2, 0) is 23.0 Å². The number of aryl methyl sites for hydroxylation is 2. The maximum Gasteiger partial charge on any atom is 0.272 e. The van der Waals surface area contributed by atoms with E-state index in [-0.39, 0.29) is 4.21 Å². The van der Waals surface area contributed by atoms with E-state index in [1.54, 1.807) is 40.7 Å². The molecule has 1 N–H and O–H groups in total. The van der Waals surface area contributed by atoms with Crippen molar-refractivity contribution in [3.63, 3.8) is 0 Å². The van der Waals surface area contributed by atoms with E-state index in [1.807, 2.05) is 18.2 Å². The first-order valence-electron chi connectivity index (χ1n) is 6.63. The third-order valence-electron chi connectivity index (χ3n) is 2.96. The van der Waals surface area contributed by atoms with Gasteiger partial charge in [0.15, 0.2) is 5.82 Å². The summed E-state index contributed by atoms with van der Waals surface area (Å²) in [6.07, 6.45) is 4.23. The summed E-state index contributed by atoms with van der Waals surface area (Å²) in [6, 6.07) is 10.7. The van der Waals surface area contributed by atoms with Gasteiger partial charge in [0.2, 0.25) is 0 Å². The predicted octanol–water partition coefficient (Wildman–Crippen LogP) is 2.38. The van der Waals surface area contributed by atoms with Crippen LogP contribution in [0.2, 0.25) is 0 Å². The number of thiophene rings is 1. The number of sulfonamides is 1. The molecule has 0 atom stereocenters. The third-order valence-corrected chi connectivity index (χ3v) is 5.71. The van der Waals surface area contributed by atoms with Crippen molar-refractivity contribution in [1.82, 2.24) is 14.8 Å². The number of hydrogen-bond acceptors (Lipinski definition) is 5. The molecular weight excluding hydrogens is 320 g/mol. The van der Waals surface area contributed by atoms with Crippen LogP contribution in [0.25, 0.3) is 0 Å². The molecule has 0 bridgehead atoms. The van der Waals surface area contributed by atoms with E-state index in [0.29, 0.717) is 12.4 Å². The second-order valence-corrected chi connectivity index (χ2v) is 7.43. The molecule has 0 fully saturated rings. The fourth-order valence-electron chi connectivity index (χ4n) is 1.92. The Morgan fingerprint density at radius 1 is 1.18 bits per heavy atom. The average Bonchev–Trinajstić information content (AvgIpc) is 3.17. The number of pyridine rings is 1. The Morgan fingerprint density at radius 3 is 2.82 bits per heavy atom. The zero-order valence-corrected chi connectivity index (χ0v) is 13.2. The van der Waals surface area contributed by atoms with Gasteiger partial charge in [-0.1, -0.05) is 12.1 Å². The molecule has 0 aromatic carbocycles.